The number of aryl methyl sites for hydroxylation is 1. The maximum Gasteiger partial charge on any atom is 0.0727 e. The minimum absolute atomic E-state index is 0.119. The van der Waals surface area contributed by atoms with Crippen LogP contribution in [0.15, 0.2) is 36.4 Å². The zero-order valence-corrected chi connectivity index (χ0v) is 13.2. The largest absolute Gasteiger partial charge is 0.548 e. The van der Waals surface area contributed by atoms with Crippen LogP contribution >= 0.6 is 0 Å². The van der Waals surface area contributed by atoms with Crippen molar-refractivity contribution < 1.29 is 9.90 Å². The van der Waals surface area contributed by atoms with Crippen LogP contribution in [0, 0.1) is 18.8 Å². The van der Waals surface area contributed by atoms with Gasteiger partial charge in [-0.05, 0) is 42.7 Å². The molecule has 0 fully saturated rings. The van der Waals surface area contributed by atoms with Crippen LogP contribution in [0.4, 0.5) is 5.69 Å². The van der Waals surface area contributed by atoms with E-state index in [1.165, 1.54) is 22.4 Å². The molecule has 0 aromatic heterocycles. The van der Waals surface area contributed by atoms with Crippen LogP contribution in [0.3, 0.4) is 0 Å². The average Bonchev–Trinajstić information content (AvgIpc) is 3.15. The molecule has 0 saturated carbocycles. The summed E-state index contributed by atoms with van der Waals surface area (Å²) in [5.41, 5.74) is 5.13. The van der Waals surface area contributed by atoms with Gasteiger partial charge in [0.2, 0.25) is 0 Å². The molecule has 5 rings (SSSR count). The predicted molar refractivity (Wildman–Crippen MR) is 87.3 cm³/mol. The molecule has 3 heteroatoms. The molecule has 0 saturated heterocycles. The average molecular weight is 306 g/mol. The van der Waals surface area contributed by atoms with Crippen LogP contribution in [0.5, 0.6) is 0 Å². The molecular formula is C20H20NO2-. The van der Waals surface area contributed by atoms with E-state index in [2.05, 4.69) is 48.3 Å². The zero-order chi connectivity index (χ0) is 15.7. The molecule has 2 aliphatic heterocycles. The predicted octanol–water partition coefficient (Wildman–Crippen LogP) is 2.27. The number of fused-ring (bicyclic) bond motifs is 4. The summed E-state index contributed by atoms with van der Waals surface area (Å²) in [6.45, 7) is 2.99. The van der Waals surface area contributed by atoms with Gasteiger partial charge in [-0.1, -0.05) is 42.0 Å². The number of anilines is 1. The summed E-state index contributed by atoms with van der Waals surface area (Å²) in [6.07, 6.45) is 10.8. The first-order valence-corrected chi connectivity index (χ1v) is 8.60. The Kier molecular flexibility index (Phi) is 2.62. The molecule has 2 aliphatic carbocycles. The Balaban J connectivity index is 1.78. The van der Waals surface area contributed by atoms with Gasteiger partial charge in [-0.15, -0.1) is 0 Å². The Morgan fingerprint density at radius 3 is 2.61 bits per heavy atom. The standard InChI is InChI=1S/C20H21NO2/c1-11-8-16-13-5-2-4-12(13)10-21-18(16)17(9-11)14-6-3-7-15(14)19(21)20(22)23/h2-3,5-6,8-9,12-15,19H,4,7,10H2,1H3,(H,22,23)/p-1/t12-,13+,14-,15+,19-/m1/s1. The first kappa shape index (κ1) is 13.4. The number of carbonyl (C=O) groups is 1. The maximum atomic E-state index is 12.0. The number of hydrogen-bond acceptors (Lipinski definition) is 3. The number of nitrogens with zero attached hydrogens (tertiary/aromatic N) is 1. The lowest BCUT2D eigenvalue weighted by Crippen LogP contribution is -2.58. The Labute approximate surface area is 136 Å². The zero-order valence-electron chi connectivity index (χ0n) is 13.2. The number of rotatable bonds is 1. The van der Waals surface area contributed by atoms with Gasteiger partial charge in [0.25, 0.3) is 0 Å². The molecule has 0 bridgehead atoms. The fourth-order valence-corrected chi connectivity index (χ4v) is 5.39. The van der Waals surface area contributed by atoms with Crippen molar-refractivity contribution >= 4 is 11.7 Å². The van der Waals surface area contributed by atoms with E-state index in [9.17, 15) is 9.90 Å². The van der Waals surface area contributed by atoms with Gasteiger partial charge in [0.1, 0.15) is 0 Å². The molecule has 0 spiro atoms. The Morgan fingerprint density at radius 1 is 1.13 bits per heavy atom. The first-order chi connectivity index (χ1) is 11.1. The molecule has 0 N–H and O–H groups in total. The van der Waals surface area contributed by atoms with Crippen molar-refractivity contribution in [2.75, 3.05) is 11.4 Å². The molecule has 1 aromatic rings. The van der Waals surface area contributed by atoms with Crippen molar-refractivity contribution in [1.82, 2.24) is 0 Å². The highest BCUT2D eigenvalue weighted by Crippen LogP contribution is 2.55. The Bertz CT molecular complexity index is 746. The van der Waals surface area contributed by atoms with E-state index < -0.39 is 12.0 Å². The van der Waals surface area contributed by atoms with Gasteiger partial charge in [-0.3, -0.25) is 0 Å². The third-order valence-corrected chi connectivity index (χ3v) is 6.24. The lowest BCUT2D eigenvalue weighted by Gasteiger charge is -2.51. The van der Waals surface area contributed by atoms with E-state index in [1.807, 2.05) is 0 Å². The second-order valence-corrected chi connectivity index (χ2v) is 7.51. The summed E-state index contributed by atoms with van der Waals surface area (Å²) in [6, 6.07) is 4.04. The van der Waals surface area contributed by atoms with Crippen molar-refractivity contribution in [3.05, 3.63) is 53.1 Å². The molecule has 118 valence electrons. The van der Waals surface area contributed by atoms with Gasteiger partial charge < -0.3 is 14.8 Å². The van der Waals surface area contributed by atoms with Crippen molar-refractivity contribution in [2.24, 2.45) is 11.8 Å². The second-order valence-electron chi connectivity index (χ2n) is 7.51. The van der Waals surface area contributed by atoms with Crippen molar-refractivity contribution in [1.29, 1.82) is 0 Å². The SMILES string of the molecule is Cc1cc2c3c(c1)[C@@H]1C=CC[C@@H]1[C@H](C(=O)[O-])N3C[C@H]1CC=C[C@H]21. The quantitative estimate of drug-likeness (QED) is 0.748. The van der Waals surface area contributed by atoms with E-state index in [0.29, 0.717) is 11.8 Å². The highest BCUT2D eigenvalue weighted by Gasteiger charge is 2.47. The number of carboxylic acids is 1. The molecular weight excluding hydrogens is 286 g/mol. The van der Waals surface area contributed by atoms with Crippen LogP contribution in [0.2, 0.25) is 0 Å². The van der Waals surface area contributed by atoms with E-state index in [0.717, 1.165) is 19.4 Å². The van der Waals surface area contributed by atoms with E-state index in [-0.39, 0.29) is 11.8 Å². The number of aliphatic carboxylic acids is 1. The summed E-state index contributed by atoms with van der Waals surface area (Å²) < 4.78 is 0. The molecule has 2 heterocycles. The van der Waals surface area contributed by atoms with Gasteiger partial charge in [0, 0.05) is 24.1 Å². The Hall–Kier alpha value is -2.03. The highest BCUT2D eigenvalue weighted by molar-refractivity contribution is 5.82. The van der Waals surface area contributed by atoms with E-state index >= 15 is 0 Å². The number of allylic oxidation sites excluding steroid dienone is 4. The van der Waals surface area contributed by atoms with Crippen LogP contribution in [0.25, 0.3) is 0 Å². The number of carbonyl (C=O) groups excluding carboxylic acids is 1. The maximum absolute atomic E-state index is 12.0. The summed E-state index contributed by atoms with van der Waals surface area (Å²) in [7, 11) is 0. The first-order valence-electron chi connectivity index (χ1n) is 8.60. The molecule has 23 heavy (non-hydrogen) atoms. The topological polar surface area (TPSA) is 43.4 Å². The third-order valence-electron chi connectivity index (χ3n) is 6.24. The van der Waals surface area contributed by atoms with Gasteiger partial charge in [0.05, 0.1) is 12.0 Å². The highest BCUT2D eigenvalue weighted by atomic mass is 16.4. The molecule has 3 nitrogen and oxygen atoms in total. The van der Waals surface area contributed by atoms with Crippen molar-refractivity contribution in [3.63, 3.8) is 0 Å². The van der Waals surface area contributed by atoms with Crippen LogP contribution in [-0.2, 0) is 4.79 Å². The number of benzene rings is 1. The second kappa shape index (κ2) is 4.50. The number of hydrogen-bond donors (Lipinski definition) is 0. The summed E-state index contributed by atoms with van der Waals surface area (Å²) in [5, 5.41) is 12.0. The van der Waals surface area contributed by atoms with Crippen LogP contribution in [0.1, 0.15) is 41.4 Å². The van der Waals surface area contributed by atoms with Gasteiger partial charge in [-0.25, -0.2) is 0 Å². The monoisotopic (exact) mass is 306 g/mol. The molecule has 0 amide bonds. The molecule has 4 aliphatic rings. The smallest absolute Gasteiger partial charge is 0.0727 e. The van der Waals surface area contributed by atoms with Gasteiger partial charge in [-0.2, -0.15) is 0 Å². The minimum Gasteiger partial charge on any atom is -0.548 e. The van der Waals surface area contributed by atoms with Crippen molar-refractivity contribution in [2.45, 2.75) is 37.6 Å². The van der Waals surface area contributed by atoms with Crippen molar-refractivity contribution in [3.8, 4) is 0 Å². The molecule has 1 aromatic carbocycles. The normalized spacial score (nSPS) is 35.9. The molecule has 5 atom stereocenters. The van der Waals surface area contributed by atoms with Gasteiger partial charge in [0.15, 0.2) is 0 Å². The van der Waals surface area contributed by atoms with Crippen LogP contribution < -0.4 is 10.0 Å². The lowest BCUT2D eigenvalue weighted by molar-refractivity contribution is -0.309. The Morgan fingerprint density at radius 2 is 1.83 bits per heavy atom. The lowest BCUT2D eigenvalue weighted by atomic mass is 9.71. The van der Waals surface area contributed by atoms with E-state index in [4.69, 9.17) is 0 Å². The fraction of sp³-hybridized carbons (Fsp3) is 0.450. The summed E-state index contributed by atoms with van der Waals surface area (Å²) >= 11 is 0. The third kappa shape index (κ3) is 1.68. The van der Waals surface area contributed by atoms with Crippen LogP contribution in [-0.4, -0.2) is 18.6 Å². The van der Waals surface area contributed by atoms with Gasteiger partial charge >= 0.3 is 0 Å². The minimum atomic E-state index is -0.912. The molecule has 0 unspecified atom stereocenters. The van der Waals surface area contributed by atoms with E-state index in [1.54, 1.807) is 0 Å². The fourth-order valence-electron chi connectivity index (χ4n) is 5.39. The summed E-state index contributed by atoms with van der Waals surface area (Å²) in [5.74, 6) is 0.386. The number of carboxylic acid groups (broad SMARTS) is 1. The summed E-state index contributed by atoms with van der Waals surface area (Å²) in [4.78, 5) is 14.1. The molecule has 0 radical (unpaired) electrons.